The third-order valence-electron chi connectivity index (χ3n) is 2.39. The maximum atomic E-state index is 11.4. The average Bonchev–Trinajstić information content (AvgIpc) is 2.31. The summed E-state index contributed by atoms with van der Waals surface area (Å²) in [6.07, 6.45) is -0.566. The standard InChI is InChI=1S/C11H11N3O4/c1-5-10(16)14-7-4-6(2-3-8(7)18-5)13-11(17)9(12)15/h2-5H,1H3,(H2,12,15)(H,13,17)(H,14,16). The number of benzene rings is 1. The Morgan fingerprint density at radius 2 is 2.17 bits per heavy atom. The quantitative estimate of drug-likeness (QED) is 0.600. The molecule has 0 saturated carbocycles. The van der Waals surface area contributed by atoms with Crippen molar-refractivity contribution in [1.29, 1.82) is 0 Å². The van der Waals surface area contributed by atoms with Crippen molar-refractivity contribution < 1.29 is 19.1 Å². The molecule has 1 aromatic rings. The maximum Gasteiger partial charge on any atom is 0.313 e. The molecular weight excluding hydrogens is 238 g/mol. The van der Waals surface area contributed by atoms with Crippen LogP contribution in [0, 0.1) is 0 Å². The maximum absolute atomic E-state index is 11.4. The minimum Gasteiger partial charge on any atom is -0.479 e. The molecular formula is C11H11N3O4. The lowest BCUT2D eigenvalue weighted by atomic mass is 10.2. The first-order valence-electron chi connectivity index (χ1n) is 5.19. The molecule has 18 heavy (non-hydrogen) atoms. The second-order valence-corrected chi connectivity index (χ2v) is 3.78. The second-order valence-electron chi connectivity index (χ2n) is 3.78. The molecule has 1 heterocycles. The molecule has 1 aliphatic rings. The van der Waals surface area contributed by atoms with Crippen LogP contribution >= 0.6 is 0 Å². The van der Waals surface area contributed by atoms with Crippen molar-refractivity contribution in [3.05, 3.63) is 18.2 Å². The van der Waals surface area contributed by atoms with Gasteiger partial charge in [-0.3, -0.25) is 14.4 Å². The van der Waals surface area contributed by atoms with E-state index in [2.05, 4.69) is 10.6 Å². The Balaban J connectivity index is 2.22. The molecule has 7 nitrogen and oxygen atoms in total. The van der Waals surface area contributed by atoms with E-state index in [9.17, 15) is 14.4 Å². The number of ether oxygens (including phenoxy) is 1. The van der Waals surface area contributed by atoms with Crippen molar-refractivity contribution in [2.75, 3.05) is 10.6 Å². The van der Waals surface area contributed by atoms with Crippen molar-refractivity contribution in [2.45, 2.75) is 13.0 Å². The number of anilines is 2. The van der Waals surface area contributed by atoms with Gasteiger partial charge in [0.1, 0.15) is 5.75 Å². The van der Waals surface area contributed by atoms with Crippen molar-refractivity contribution in [3.8, 4) is 5.75 Å². The van der Waals surface area contributed by atoms with E-state index < -0.39 is 17.9 Å². The molecule has 1 unspecified atom stereocenters. The summed E-state index contributed by atoms with van der Waals surface area (Å²) >= 11 is 0. The van der Waals surface area contributed by atoms with Crippen LogP contribution in [0.2, 0.25) is 0 Å². The zero-order valence-corrected chi connectivity index (χ0v) is 9.52. The molecule has 0 aromatic heterocycles. The minimum atomic E-state index is -1.08. The van der Waals surface area contributed by atoms with Crippen LogP contribution in [0.1, 0.15) is 6.92 Å². The average molecular weight is 249 g/mol. The number of primary amides is 1. The van der Waals surface area contributed by atoms with Gasteiger partial charge in [0, 0.05) is 5.69 Å². The molecule has 2 rings (SSSR count). The Labute approximate surface area is 102 Å². The van der Waals surface area contributed by atoms with Gasteiger partial charge in [-0.15, -0.1) is 0 Å². The zero-order chi connectivity index (χ0) is 13.3. The largest absolute Gasteiger partial charge is 0.479 e. The van der Waals surface area contributed by atoms with Crippen LogP contribution in [0.25, 0.3) is 0 Å². The first kappa shape index (κ1) is 11.9. The van der Waals surface area contributed by atoms with Crippen LogP contribution in [0.15, 0.2) is 18.2 Å². The Kier molecular flexibility index (Phi) is 2.88. The summed E-state index contributed by atoms with van der Waals surface area (Å²) in [7, 11) is 0. The molecule has 7 heteroatoms. The molecule has 0 radical (unpaired) electrons. The van der Waals surface area contributed by atoms with E-state index in [4.69, 9.17) is 10.5 Å². The number of carbonyl (C=O) groups excluding carboxylic acids is 3. The molecule has 0 fully saturated rings. The van der Waals surface area contributed by atoms with E-state index in [1.54, 1.807) is 19.1 Å². The van der Waals surface area contributed by atoms with Gasteiger partial charge in [-0.2, -0.15) is 0 Å². The van der Waals surface area contributed by atoms with E-state index in [1.165, 1.54) is 6.07 Å². The summed E-state index contributed by atoms with van der Waals surface area (Å²) in [5.41, 5.74) is 5.59. The van der Waals surface area contributed by atoms with Gasteiger partial charge in [-0.25, -0.2) is 0 Å². The number of carbonyl (C=O) groups is 3. The highest BCUT2D eigenvalue weighted by Crippen LogP contribution is 2.31. The fourth-order valence-electron chi connectivity index (χ4n) is 1.48. The smallest absolute Gasteiger partial charge is 0.313 e. The third kappa shape index (κ3) is 2.24. The number of fused-ring (bicyclic) bond motifs is 1. The molecule has 0 saturated heterocycles. The van der Waals surface area contributed by atoms with Gasteiger partial charge < -0.3 is 21.1 Å². The molecule has 3 amide bonds. The van der Waals surface area contributed by atoms with Gasteiger partial charge in [0.15, 0.2) is 6.10 Å². The first-order valence-corrected chi connectivity index (χ1v) is 5.19. The minimum absolute atomic E-state index is 0.277. The van der Waals surface area contributed by atoms with E-state index in [0.717, 1.165) is 0 Å². The zero-order valence-electron chi connectivity index (χ0n) is 9.52. The van der Waals surface area contributed by atoms with Crippen LogP contribution in [0.5, 0.6) is 5.75 Å². The molecule has 0 spiro atoms. The van der Waals surface area contributed by atoms with Gasteiger partial charge >= 0.3 is 11.8 Å². The van der Waals surface area contributed by atoms with Gasteiger partial charge in [-0.1, -0.05) is 0 Å². The van der Waals surface area contributed by atoms with Crippen LogP contribution in [-0.4, -0.2) is 23.8 Å². The first-order chi connectivity index (χ1) is 8.47. The number of amides is 3. The number of nitrogens with one attached hydrogen (secondary N) is 2. The molecule has 0 aliphatic carbocycles. The number of rotatable bonds is 1. The lowest BCUT2D eigenvalue weighted by molar-refractivity contribution is -0.134. The van der Waals surface area contributed by atoms with E-state index in [-0.39, 0.29) is 5.91 Å². The third-order valence-corrected chi connectivity index (χ3v) is 2.39. The molecule has 1 aliphatic heterocycles. The predicted molar refractivity (Wildman–Crippen MR) is 63.0 cm³/mol. The van der Waals surface area contributed by atoms with E-state index >= 15 is 0 Å². The number of hydrogen-bond donors (Lipinski definition) is 3. The van der Waals surface area contributed by atoms with Crippen LogP contribution in [0.3, 0.4) is 0 Å². The highest BCUT2D eigenvalue weighted by atomic mass is 16.5. The highest BCUT2D eigenvalue weighted by molar-refractivity contribution is 6.39. The van der Waals surface area contributed by atoms with Crippen molar-refractivity contribution >= 4 is 29.1 Å². The summed E-state index contributed by atoms with van der Waals surface area (Å²) in [5, 5.41) is 4.92. The Morgan fingerprint density at radius 3 is 2.83 bits per heavy atom. The topological polar surface area (TPSA) is 111 Å². The normalized spacial score (nSPS) is 17.2. The number of nitrogens with two attached hydrogens (primary N) is 1. The van der Waals surface area contributed by atoms with Crippen molar-refractivity contribution in [3.63, 3.8) is 0 Å². The fraction of sp³-hybridized carbons (Fsp3) is 0.182. The lowest BCUT2D eigenvalue weighted by Crippen LogP contribution is -2.34. The van der Waals surface area contributed by atoms with Gasteiger partial charge in [-0.05, 0) is 25.1 Å². The molecule has 0 bridgehead atoms. The van der Waals surface area contributed by atoms with Gasteiger partial charge in [0.05, 0.1) is 5.69 Å². The van der Waals surface area contributed by atoms with Crippen molar-refractivity contribution in [2.24, 2.45) is 5.73 Å². The monoisotopic (exact) mass is 249 g/mol. The van der Waals surface area contributed by atoms with Crippen molar-refractivity contribution in [1.82, 2.24) is 0 Å². The number of hydrogen-bond acceptors (Lipinski definition) is 4. The molecule has 94 valence electrons. The summed E-state index contributed by atoms with van der Waals surface area (Å²) in [6.45, 7) is 1.63. The summed E-state index contributed by atoms with van der Waals surface area (Å²) < 4.78 is 5.34. The van der Waals surface area contributed by atoms with E-state index in [1.807, 2.05) is 0 Å². The summed E-state index contributed by atoms with van der Waals surface area (Å²) in [6, 6.07) is 4.62. The van der Waals surface area contributed by atoms with Gasteiger partial charge in [0.25, 0.3) is 5.91 Å². The highest BCUT2D eigenvalue weighted by Gasteiger charge is 2.23. The second kappa shape index (κ2) is 4.36. The SMILES string of the molecule is CC1Oc2ccc(NC(=O)C(N)=O)cc2NC1=O. The predicted octanol–water partition coefficient (Wildman–Crippen LogP) is -0.170. The molecule has 1 atom stereocenters. The Bertz CT molecular complexity index is 541. The Morgan fingerprint density at radius 1 is 1.44 bits per heavy atom. The van der Waals surface area contributed by atoms with Crippen LogP contribution in [0.4, 0.5) is 11.4 Å². The summed E-state index contributed by atoms with van der Waals surface area (Å²) in [4.78, 5) is 33.1. The molecule has 4 N–H and O–H groups in total. The molecule has 1 aromatic carbocycles. The van der Waals surface area contributed by atoms with Crippen LogP contribution < -0.4 is 21.1 Å². The Hall–Kier alpha value is -2.57. The van der Waals surface area contributed by atoms with E-state index in [0.29, 0.717) is 17.1 Å². The summed E-state index contributed by atoms with van der Waals surface area (Å²) in [5.74, 6) is -1.78. The van der Waals surface area contributed by atoms with Crippen LogP contribution in [-0.2, 0) is 14.4 Å². The lowest BCUT2D eigenvalue weighted by Gasteiger charge is -2.23. The fourth-order valence-corrected chi connectivity index (χ4v) is 1.48. The van der Waals surface area contributed by atoms with Gasteiger partial charge in [0.2, 0.25) is 0 Å².